The first-order valence-corrected chi connectivity index (χ1v) is 5.39. The molecule has 0 radical (unpaired) electrons. The van der Waals surface area contributed by atoms with E-state index < -0.39 is 0 Å². The van der Waals surface area contributed by atoms with E-state index in [4.69, 9.17) is 5.26 Å². The molecule has 1 heterocycles. The fraction of sp³-hybridized carbons (Fsp3) is 0.500. The summed E-state index contributed by atoms with van der Waals surface area (Å²) < 4.78 is 0. The van der Waals surface area contributed by atoms with Crippen LogP contribution in [0.3, 0.4) is 0 Å². The van der Waals surface area contributed by atoms with Gasteiger partial charge in [0.25, 0.3) is 0 Å². The SMILES string of the molecule is CC(CCN(C)C)Nc1ccnc(C#N)c1. The second-order valence-electron chi connectivity index (χ2n) is 4.18. The van der Waals surface area contributed by atoms with Crippen molar-refractivity contribution < 1.29 is 0 Å². The quantitative estimate of drug-likeness (QED) is 0.817. The van der Waals surface area contributed by atoms with Crippen LogP contribution < -0.4 is 5.32 Å². The van der Waals surface area contributed by atoms with Gasteiger partial charge in [-0.05, 0) is 46.1 Å². The molecule has 0 saturated carbocycles. The lowest BCUT2D eigenvalue weighted by atomic mass is 10.2. The summed E-state index contributed by atoms with van der Waals surface area (Å²) in [6, 6.07) is 6.07. The average molecular weight is 218 g/mol. The molecular weight excluding hydrogens is 200 g/mol. The first-order chi connectivity index (χ1) is 7.61. The molecule has 0 aromatic carbocycles. The number of nitrogens with one attached hydrogen (secondary N) is 1. The van der Waals surface area contributed by atoms with E-state index in [1.165, 1.54) is 0 Å². The van der Waals surface area contributed by atoms with Crippen molar-refractivity contribution in [3.63, 3.8) is 0 Å². The lowest BCUT2D eigenvalue weighted by Gasteiger charge is -2.17. The fourth-order valence-corrected chi connectivity index (χ4v) is 1.39. The maximum atomic E-state index is 8.73. The minimum atomic E-state index is 0.386. The van der Waals surface area contributed by atoms with Crippen LogP contribution in [0.2, 0.25) is 0 Å². The Morgan fingerprint density at radius 3 is 2.94 bits per heavy atom. The second-order valence-corrected chi connectivity index (χ2v) is 4.18. The van der Waals surface area contributed by atoms with Crippen molar-refractivity contribution in [2.45, 2.75) is 19.4 Å². The topological polar surface area (TPSA) is 52.0 Å². The van der Waals surface area contributed by atoms with Crippen LogP contribution in [0, 0.1) is 11.3 Å². The van der Waals surface area contributed by atoms with Crippen molar-refractivity contribution in [1.29, 1.82) is 5.26 Å². The van der Waals surface area contributed by atoms with E-state index in [-0.39, 0.29) is 0 Å². The zero-order valence-electron chi connectivity index (χ0n) is 10.1. The summed E-state index contributed by atoms with van der Waals surface area (Å²) in [7, 11) is 4.12. The van der Waals surface area contributed by atoms with Crippen LogP contribution in [0.5, 0.6) is 0 Å². The van der Waals surface area contributed by atoms with Crippen LogP contribution >= 0.6 is 0 Å². The molecule has 1 atom stereocenters. The molecule has 0 aliphatic heterocycles. The minimum Gasteiger partial charge on any atom is -0.382 e. The predicted octanol–water partition coefficient (Wildman–Crippen LogP) is 1.71. The second kappa shape index (κ2) is 6.09. The van der Waals surface area contributed by atoms with E-state index in [1.54, 1.807) is 12.3 Å². The Balaban J connectivity index is 2.49. The third-order valence-electron chi connectivity index (χ3n) is 2.30. The predicted molar refractivity (Wildman–Crippen MR) is 65.2 cm³/mol. The fourth-order valence-electron chi connectivity index (χ4n) is 1.39. The van der Waals surface area contributed by atoms with Crippen molar-refractivity contribution in [2.75, 3.05) is 26.0 Å². The summed E-state index contributed by atoms with van der Waals surface area (Å²) in [5.74, 6) is 0. The van der Waals surface area contributed by atoms with Gasteiger partial charge in [-0.25, -0.2) is 4.98 Å². The zero-order chi connectivity index (χ0) is 12.0. The summed E-state index contributed by atoms with van der Waals surface area (Å²) in [4.78, 5) is 6.09. The van der Waals surface area contributed by atoms with Gasteiger partial charge in [-0.2, -0.15) is 5.26 Å². The smallest absolute Gasteiger partial charge is 0.142 e. The van der Waals surface area contributed by atoms with Crippen molar-refractivity contribution in [3.05, 3.63) is 24.0 Å². The molecule has 0 bridgehead atoms. The number of hydrogen-bond acceptors (Lipinski definition) is 4. The number of rotatable bonds is 5. The monoisotopic (exact) mass is 218 g/mol. The van der Waals surface area contributed by atoms with E-state index >= 15 is 0 Å². The number of anilines is 1. The Morgan fingerprint density at radius 2 is 2.31 bits per heavy atom. The van der Waals surface area contributed by atoms with Gasteiger partial charge in [0.1, 0.15) is 11.8 Å². The van der Waals surface area contributed by atoms with Gasteiger partial charge in [0.2, 0.25) is 0 Å². The standard InChI is InChI=1S/C12H18N4/c1-10(5-7-16(2)3)15-11-4-6-14-12(8-11)9-13/h4,6,8,10H,5,7H2,1-3H3,(H,14,15). The van der Waals surface area contributed by atoms with Crippen molar-refractivity contribution >= 4 is 5.69 Å². The van der Waals surface area contributed by atoms with E-state index in [9.17, 15) is 0 Å². The maximum Gasteiger partial charge on any atom is 0.142 e. The molecule has 4 heteroatoms. The minimum absolute atomic E-state index is 0.386. The molecule has 1 rings (SSSR count). The highest BCUT2D eigenvalue weighted by atomic mass is 15.1. The Labute approximate surface area is 96.9 Å². The lowest BCUT2D eigenvalue weighted by Crippen LogP contribution is -2.23. The summed E-state index contributed by atoms with van der Waals surface area (Å²) >= 11 is 0. The summed E-state index contributed by atoms with van der Waals surface area (Å²) in [6.07, 6.45) is 2.72. The van der Waals surface area contributed by atoms with E-state index in [1.807, 2.05) is 12.1 Å². The molecule has 1 unspecified atom stereocenters. The van der Waals surface area contributed by atoms with Gasteiger partial charge in [0, 0.05) is 17.9 Å². The molecule has 4 nitrogen and oxygen atoms in total. The van der Waals surface area contributed by atoms with Crippen molar-refractivity contribution in [1.82, 2.24) is 9.88 Å². The number of hydrogen-bond donors (Lipinski definition) is 1. The summed E-state index contributed by atoms with van der Waals surface area (Å²) in [5, 5.41) is 12.1. The molecule has 16 heavy (non-hydrogen) atoms. The Morgan fingerprint density at radius 1 is 1.56 bits per heavy atom. The molecule has 0 aliphatic carbocycles. The molecule has 1 N–H and O–H groups in total. The van der Waals surface area contributed by atoms with Crippen LogP contribution in [-0.2, 0) is 0 Å². The molecule has 1 aromatic heterocycles. The zero-order valence-corrected chi connectivity index (χ0v) is 10.1. The van der Waals surface area contributed by atoms with Gasteiger partial charge in [0.05, 0.1) is 0 Å². The highest BCUT2D eigenvalue weighted by molar-refractivity contribution is 5.46. The molecule has 0 saturated heterocycles. The molecule has 0 aliphatic rings. The van der Waals surface area contributed by atoms with Gasteiger partial charge >= 0.3 is 0 Å². The lowest BCUT2D eigenvalue weighted by molar-refractivity contribution is 0.390. The van der Waals surface area contributed by atoms with Crippen LogP contribution in [0.25, 0.3) is 0 Å². The molecule has 86 valence electrons. The Bertz CT molecular complexity index is 368. The van der Waals surface area contributed by atoms with Gasteiger partial charge in [-0.15, -0.1) is 0 Å². The molecule has 0 fully saturated rings. The van der Waals surface area contributed by atoms with E-state index in [2.05, 4.69) is 36.2 Å². The highest BCUT2D eigenvalue weighted by Crippen LogP contribution is 2.10. The Kier molecular flexibility index (Phi) is 4.74. The van der Waals surface area contributed by atoms with Crippen LogP contribution in [-0.4, -0.2) is 36.6 Å². The Hall–Kier alpha value is -1.60. The van der Waals surface area contributed by atoms with Gasteiger partial charge in [-0.3, -0.25) is 0 Å². The molecule has 0 spiro atoms. The normalized spacial score (nSPS) is 12.2. The number of nitrogens with zero attached hydrogens (tertiary/aromatic N) is 3. The first-order valence-electron chi connectivity index (χ1n) is 5.39. The number of aromatic nitrogens is 1. The first kappa shape index (κ1) is 12.5. The van der Waals surface area contributed by atoms with Crippen LogP contribution in [0.4, 0.5) is 5.69 Å². The summed E-state index contributed by atoms with van der Waals surface area (Å²) in [5.41, 5.74) is 1.41. The molecule has 0 amide bonds. The van der Waals surface area contributed by atoms with Gasteiger partial charge in [0.15, 0.2) is 0 Å². The van der Waals surface area contributed by atoms with Gasteiger partial charge < -0.3 is 10.2 Å². The van der Waals surface area contributed by atoms with Crippen molar-refractivity contribution in [2.24, 2.45) is 0 Å². The molecular formula is C12H18N4. The highest BCUT2D eigenvalue weighted by Gasteiger charge is 2.03. The van der Waals surface area contributed by atoms with Crippen LogP contribution in [0.15, 0.2) is 18.3 Å². The third kappa shape index (κ3) is 4.28. The third-order valence-corrected chi connectivity index (χ3v) is 2.30. The average Bonchev–Trinajstić information content (AvgIpc) is 2.26. The van der Waals surface area contributed by atoms with Crippen LogP contribution in [0.1, 0.15) is 19.0 Å². The largest absolute Gasteiger partial charge is 0.382 e. The summed E-state index contributed by atoms with van der Waals surface area (Å²) in [6.45, 7) is 3.18. The van der Waals surface area contributed by atoms with Crippen molar-refractivity contribution in [3.8, 4) is 6.07 Å². The van der Waals surface area contributed by atoms with Gasteiger partial charge in [-0.1, -0.05) is 0 Å². The van der Waals surface area contributed by atoms with E-state index in [0.29, 0.717) is 11.7 Å². The number of pyridine rings is 1. The maximum absolute atomic E-state index is 8.73. The van der Waals surface area contributed by atoms with E-state index in [0.717, 1.165) is 18.7 Å². The molecule has 1 aromatic rings. The number of nitriles is 1.